The molecule has 43 heavy (non-hydrogen) atoms. The molecule has 2 unspecified atom stereocenters. The average molecular weight is 638 g/mol. The summed E-state index contributed by atoms with van der Waals surface area (Å²) in [6.45, 7) is 2.24. The maximum absolute atomic E-state index is 13.5. The van der Waals surface area contributed by atoms with Gasteiger partial charge >= 0.3 is 0 Å². The van der Waals surface area contributed by atoms with Gasteiger partial charge in [0.1, 0.15) is 0 Å². The second-order valence-corrected chi connectivity index (χ2v) is 13.5. The number of nitrogens with zero attached hydrogens (tertiary/aromatic N) is 2. The zero-order valence-corrected chi connectivity index (χ0v) is 25.5. The molecule has 0 saturated carbocycles. The molecule has 4 aromatic rings. The number of carbonyl (C=O) groups excluding carboxylic acids is 1. The van der Waals surface area contributed by atoms with Crippen molar-refractivity contribution in [1.82, 2.24) is 9.88 Å². The molecule has 2 aliphatic heterocycles. The predicted molar refractivity (Wildman–Crippen MR) is 170 cm³/mol. The van der Waals surface area contributed by atoms with Gasteiger partial charge in [0.05, 0.1) is 16.3 Å². The van der Waals surface area contributed by atoms with Crippen molar-refractivity contribution in [2.24, 2.45) is 5.92 Å². The van der Waals surface area contributed by atoms with Crippen LogP contribution in [-0.4, -0.2) is 38.5 Å². The Kier molecular flexibility index (Phi) is 8.22. The minimum Gasteiger partial charge on any atom is -0.369 e. The fourth-order valence-electron chi connectivity index (χ4n) is 6.06. The van der Waals surface area contributed by atoms with Crippen LogP contribution in [0.1, 0.15) is 34.0 Å². The summed E-state index contributed by atoms with van der Waals surface area (Å²) in [5, 5.41) is 3.98. The lowest BCUT2D eigenvalue weighted by Gasteiger charge is -2.44. The lowest BCUT2D eigenvalue weighted by atomic mass is 9.83. The van der Waals surface area contributed by atoms with E-state index < -0.39 is 10.0 Å². The van der Waals surface area contributed by atoms with E-state index in [1.807, 2.05) is 34.9 Å². The van der Waals surface area contributed by atoms with Gasteiger partial charge in [-0.3, -0.25) is 14.3 Å². The van der Waals surface area contributed by atoms with Crippen molar-refractivity contribution < 1.29 is 13.2 Å². The van der Waals surface area contributed by atoms with Gasteiger partial charge in [-0.2, -0.15) is 0 Å². The van der Waals surface area contributed by atoms with Crippen LogP contribution in [0.15, 0.2) is 94.6 Å². The average Bonchev–Trinajstić information content (AvgIpc) is 2.98. The number of sulfonamides is 1. The maximum atomic E-state index is 13.5. The van der Waals surface area contributed by atoms with Gasteiger partial charge in [0.25, 0.3) is 21.5 Å². The van der Waals surface area contributed by atoms with Crippen molar-refractivity contribution >= 4 is 50.5 Å². The van der Waals surface area contributed by atoms with Crippen LogP contribution < -0.4 is 20.5 Å². The molecule has 2 atom stereocenters. The van der Waals surface area contributed by atoms with Crippen molar-refractivity contribution in [3.63, 3.8) is 0 Å². The van der Waals surface area contributed by atoms with Gasteiger partial charge in [0.15, 0.2) is 0 Å². The number of benzene rings is 3. The number of anilines is 2. The summed E-state index contributed by atoms with van der Waals surface area (Å²) in [6.07, 6.45) is 1.51. The number of pyridine rings is 1. The van der Waals surface area contributed by atoms with E-state index in [4.69, 9.17) is 23.2 Å². The smallest absolute Gasteiger partial charge is 0.261 e. The third-order valence-corrected chi connectivity index (χ3v) is 10.1. The molecule has 2 aliphatic rings. The minimum absolute atomic E-state index is 0.00182. The Balaban J connectivity index is 1.29. The molecule has 11 heteroatoms. The van der Waals surface area contributed by atoms with Crippen LogP contribution in [0.25, 0.3) is 0 Å². The largest absolute Gasteiger partial charge is 0.369 e. The molecule has 0 spiro atoms. The highest BCUT2D eigenvalue weighted by molar-refractivity contribution is 7.92. The molecule has 3 aromatic carbocycles. The van der Waals surface area contributed by atoms with Crippen LogP contribution in [-0.2, 0) is 23.0 Å². The van der Waals surface area contributed by atoms with E-state index in [1.54, 1.807) is 30.3 Å². The first-order valence-corrected chi connectivity index (χ1v) is 16.3. The normalized spacial score (nSPS) is 17.7. The summed E-state index contributed by atoms with van der Waals surface area (Å²) >= 11 is 12.2. The quantitative estimate of drug-likeness (QED) is 0.264. The zero-order chi connectivity index (χ0) is 30.1. The van der Waals surface area contributed by atoms with Crippen LogP contribution in [0.5, 0.6) is 0 Å². The molecule has 8 nitrogen and oxygen atoms in total. The van der Waals surface area contributed by atoms with Crippen molar-refractivity contribution in [2.75, 3.05) is 29.3 Å². The van der Waals surface area contributed by atoms with Crippen molar-refractivity contribution in [3.8, 4) is 0 Å². The number of halogens is 2. The molecule has 222 valence electrons. The second-order valence-electron chi connectivity index (χ2n) is 11.0. The predicted octanol–water partition coefficient (Wildman–Crippen LogP) is 5.55. The molecule has 6 rings (SSSR count). The summed E-state index contributed by atoms with van der Waals surface area (Å²) < 4.78 is 31.5. The number of carbonyl (C=O) groups is 1. The van der Waals surface area contributed by atoms with E-state index in [1.165, 1.54) is 24.3 Å². The van der Waals surface area contributed by atoms with E-state index in [-0.39, 0.29) is 28.2 Å². The standard InChI is InChI=1S/C32H30Cl2N4O4S/c33-25-9-11-26(12-10-25)43(41,42)36-28-17-23(32(40)35-15-14-22-4-1-2-5-27(22)34)8-13-30(28)37-18-21-16-24(20-37)29-6-3-7-31(39)38(29)19-21/h1-13,17,21,24,36H,14-16,18-20H2,(H,35,40). The first-order valence-electron chi connectivity index (χ1n) is 14.1. The number of hydrogen-bond acceptors (Lipinski definition) is 5. The Morgan fingerprint density at radius 3 is 2.49 bits per heavy atom. The lowest BCUT2D eigenvalue weighted by molar-refractivity contribution is 0.0954. The van der Waals surface area contributed by atoms with E-state index in [0.29, 0.717) is 59.6 Å². The van der Waals surface area contributed by atoms with Gasteiger partial charge in [-0.05, 0) is 78.9 Å². The molecule has 2 N–H and O–H groups in total. The van der Waals surface area contributed by atoms with Crippen LogP contribution in [0.4, 0.5) is 11.4 Å². The number of hydrogen-bond donors (Lipinski definition) is 2. The lowest BCUT2D eigenvalue weighted by Crippen LogP contribution is -2.47. The third kappa shape index (κ3) is 6.30. The first kappa shape index (κ1) is 29.3. The van der Waals surface area contributed by atoms with Crippen LogP contribution >= 0.6 is 23.2 Å². The summed E-state index contributed by atoms with van der Waals surface area (Å²) in [7, 11) is -3.99. The van der Waals surface area contributed by atoms with E-state index in [0.717, 1.165) is 17.7 Å². The Hall–Kier alpha value is -3.79. The topological polar surface area (TPSA) is 101 Å². The van der Waals surface area contributed by atoms with Crippen molar-refractivity contribution in [2.45, 2.75) is 30.2 Å². The first-order chi connectivity index (χ1) is 20.7. The van der Waals surface area contributed by atoms with Gasteiger partial charge in [0, 0.05) is 59.5 Å². The SMILES string of the molecule is O=C(NCCc1ccccc1Cl)c1ccc(N2CC3CC(C2)c2cccc(=O)n2C3)c(NS(=O)(=O)c2ccc(Cl)cc2)c1. The fraction of sp³-hybridized carbons (Fsp3) is 0.250. The Morgan fingerprint density at radius 2 is 1.70 bits per heavy atom. The summed E-state index contributed by atoms with van der Waals surface area (Å²) in [6, 6.07) is 23.8. The number of fused-ring (bicyclic) bond motifs is 4. The minimum atomic E-state index is -3.99. The van der Waals surface area contributed by atoms with Gasteiger partial charge in [-0.15, -0.1) is 0 Å². The Labute approximate surface area is 260 Å². The molecule has 1 fully saturated rings. The van der Waals surface area contributed by atoms with Gasteiger partial charge < -0.3 is 14.8 Å². The Bertz CT molecular complexity index is 1840. The second kappa shape index (κ2) is 12.1. The highest BCUT2D eigenvalue weighted by atomic mass is 35.5. The highest BCUT2D eigenvalue weighted by Gasteiger charge is 2.35. The monoisotopic (exact) mass is 636 g/mol. The Morgan fingerprint density at radius 1 is 0.907 bits per heavy atom. The zero-order valence-electron chi connectivity index (χ0n) is 23.2. The van der Waals surface area contributed by atoms with Gasteiger partial charge in [0.2, 0.25) is 0 Å². The molecule has 2 bridgehead atoms. The summed E-state index contributed by atoms with van der Waals surface area (Å²) in [5.41, 5.74) is 3.22. The third-order valence-electron chi connectivity index (χ3n) is 8.09. The summed E-state index contributed by atoms with van der Waals surface area (Å²) in [4.78, 5) is 27.9. The number of aromatic nitrogens is 1. The highest BCUT2D eigenvalue weighted by Crippen LogP contribution is 2.40. The van der Waals surface area contributed by atoms with Crippen LogP contribution in [0.2, 0.25) is 10.0 Å². The van der Waals surface area contributed by atoms with E-state index in [2.05, 4.69) is 14.9 Å². The van der Waals surface area contributed by atoms with Gasteiger partial charge in [-0.1, -0.05) is 47.5 Å². The molecule has 0 radical (unpaired) electrons. The number of piperidine rings is 1. The van der Waals surface area contributed by atoms with Gasteiger partial charge in [-0.25, -0.2) is 8.42 Å². The van der Waals surface area contributed by atoms with Crippen LogP contribution in [0, 0.1) is 5.92 Å². The van der Waals surface area contributed by atoms with E-state index >= 15 is 0 Å². The van der Waals surface area contributed by atoms with E-state index in [9.17, 15) is 18.0 Å². The molecule has 0 aliphatic carbocycles. The molecule has 1 saturated heterocycles. The number of amides is 1. The molecular weight excluding hydrogens is 607 g/mol. The number of nitrogens with one attached hydrogen (secondary N) is 2. The molecular formula is C32H30Cl2N4O4S. The number of rotatable bonds is 8. The molecule has 1 aromatic heterocycles. The fourth-order valence-corrected chi connectivity index (χ4v) is 7.48. The van der Waals surface area contributed by atoms with Crippen LogP contribution in [0.3, 0.4) is 0 Å². The van der Waals surface area contributed by atoms with Crippen molar-refractivity contribution in [3.05, 3.63) is 122 Å². The molecule has 3 heterocycles. The maximum Gasteiger partial charge on any atom is 0.261 e. The molecule has 1 amide bonds. The van der Waals surface area contributed by atoms with Crippen molar-refractivity contribution in [1.29, 1.82) is 0 Å². The summed E-state index contributed by atoms with van der Waals surface area (Å²) in [5.74, 6) is 0.0177.